The molecule has 1 atom stereocenters. The molecule has 2 saturated heterocycles. The first kappa shape index (κ1) is 17.4. The maximum absolute atomic E-state index is 13.0. The van der Waals surface area contributed by atoms with Crippen molar-refractivity contribution >= 4 is 5.78 Å². The van der Waals surface area contributed by atoms with Gasteiger partial charge in [-0.25, -0.2) is 0 Å². The number of carbonyl (C=O) groups is 1. The van der Waals surface area contributed by atoms with Crippen molar-refractivity contribution in [3.05, 3.63) is 29.8 Å². The first-order valence-corrected chi connectivity index (χ1v) is 9.26. The third kappa shape index (κ3) is 4.37. The second-order valence-corrected chi connectivity index (χ2v) is 7.24. The molecule has 0 spiro atoms. The molecule has 4 nitrogen and oxygen atoms in total. The van der Waals surface area contributed by atoms with Crippen molar-refractivity contribution in [1.29, 1.82) is 0 Å². The van der Waals surface area contributed by atoms with Gasteiger partial charge in [0.15, 0.2) is 5.78 Å². The number of ketones is 1. The van der Waals surface area contributed by atoms with Crippen LogP contribution < -0.4 is 4.74 Å². The lowest BCUT2D eigenvalue weighted by atomic mass is 9.88. The molecule has 132 valence electrons. The second kappa shape index (κ2) is 8.13. The predicted molar refractivity (Wildman–Crippen MR) is 94.7 cm³/mol. The molecule has 0 bridgehead atoms. The number of hydrogen-bond donors (Lipinski definition) is 0. The van der Waals surface area contributed by atoms with Crippen molar-refractivity contribution in [3.63, 3.8) is 0 Å². The van der Waals surface area contributed by atoms with Crippen molar-refractivity contribution in [2.75, 3.05) is 26.3 Å². The summed E-state index contributed by atoms with van der Waals surface area (Å²) in [5.41, 5.74) is 0.784. The van der Waals surface area contributed by atoms with Gasteiger partial charge in [0.05, 0.1) is 6.10 Å². The van der Waals surface area contributed by atoms with Crippen molar-refractivity contribution in [2.24, 2.45) is 5.92 Å². The van der Waals surface area contributed by atoms with E-state index in [9.17, 15) is 4.79 Å². The molecule has 0 N–H and O–H groups in total. The van der Waals surface area contributed by atoms with Crippen molar-refractivity contribution in [3.8, 4) is 5.75 Å². The van der Waals surface area contributed by atoms with E-state index < -0.39 is 0 Å². The SMILES string of the molecule is CC(C)Oc1cccc(C(=O)[C@H]2CCCN(C3CCOCC3)C2)c1. The Balaban J connectivity index is 1.65. The summed E-state index contributed by atoms with van der Waals surface area (Å²) in [6.45, 7) is 7.72. The molecule has 4 heteroatoms. The van der Waals surface area contributed by atoms with Crippen LogP contribution in [-0.4, -0.2) is 49.1 Å². The van der Waals surface area contributed by atoms with Crippen LogP contribution in [0.2, 0.25) is 0 Å². The van der Waals surface area contributed by atoms with E-state index in [-0.39, 0.29) is 17.8 Å². The van der Waals surface area contributed by atoms with Gasteiger partial charge in [-0.3, -0.25) is 9.69 Å². The molecule has 2 aliphatic rings. The quantitative estimate of drug-likeness (QED) is 0.774. The lowest BCUT2D eigenvalue weighted by molar-refractivity contribution is 0.0183. The molecule has 0 radical (unpaired) electrons. The Hall–Kier alpha value is -1.39. The third-order valence-electron chi connectivity index (χ3n) is 5.02. The van der Waals surface area contributed by atoms with Gasteiger partial charge < -0.3 is 9.47 Å². The number of piperidine rings is 1. The molecule has 0 aliphatic carbocycles. The minimum Gasteiger partial charge on any atom is -0.491 e. The highest BCUT2D eigenvalue weighted by molar-refractivity contribution is 5.98. The van der Waals surface area contributed by atoms with Crippen LogP contribution in [0.1, 0.15) is 49.9 Å². The number of ether oxygens (including phenoxy) is 2. The Morgan fingerprint density at radius 1 is 1.25 bits per heavy atom. The van der Waals surface area contributed by atoms with Gasteiger partial charge in [-0.15, -0.1) is 0 Å². The Morgan fingerprint density at radius 2 is 2.04 bits per heavy atom. The average Bonchev–Trinajstić information content (AvgIpc) is 2.62. The number of Topliss-reactive ketones (excluding diaryl/α,β-unsaturated/α-hetero) is 1. The third-order valence-corrected chi connectivity index (χ3v) is 5.02. The molecule has 24 heavy (non-hydrogen) atoms. The van der Waals surface area contributed by atoms with E-state index in [0.29, 0.717) is 6.04 Å². The molecule has 1 aromatic rings. The van der Waals surface area contributed by atoms with Crippen LogP contribution in [0.5, 0.6) is 5.75 Å². The highest BCUT2D eigenvalue weighted by atomic mass is 16.5. The van der Waals surface area contributed by atoms with E-state index >= 15 is 0 Å². The Bertz CT molecular complexity index is 552. The number of nitrogens with zero attached hydrogens (tertiary/aromatic N) is 1. The smallest absolute Gasteiger partial charge is 0.167 e. The summed E-state index contributed by atoms with van der Waals surface area (Å²) < 4.78 is 11.2. The number of likely N-dealkylation sites (tertiary alicyclic amines) is 1. The minimum absolute atomic E-state index is 0.107. The highest BCUT2D eigenvalue weighted by Crippen LogP contribution is 2.26. The zero-order valence-electron chi connectivity index (χ0n) is 14.9. The molecule has 3 rings (SSSR count). The number of benzene rings is 1. The van der Waals surface area contributed by atoms with Gasteiger partial charge in [0.1, 0.15) is 5.75 Å². The van der Waals surface area contributed by atoms with Crippen LogP contribution in [0.25, 0.3) is 0 Å². The number of hydrogen-bond acceptors (Lipinski definition) is 4. The van der Waals surface area contributed by atoms with Crippen molar-refractivity contribution < 1.29 is 14.3 Å². The zero-order valence-corrected chi connectivity index (χ0v) is 14.9. The number of carbonyl (C=O) groups excluding carboxylic acids is 1. The lowest BCUT2D eigenvalue weighted by Crippen LogP contribution is -2.46. The Kier molecular flexibility index (Phi) is 5.90. The monoisotopic (exact) mass is 331 g/mol. The van der Waals surface area contributed by atoms with Crippen molar-refractivity contribution in [1.82, 2.24) is 4.90 Å². The first-order chi connectivity index (χ1) is 11.6. The lowest BCUT2D eigenvalue weighted by Gasteiger charge is -2.39. The summed E-state index contributed by atoms with van der Waals surface area (Å²) in [6.07, 6.45) is 4.41. The van der Waals surface area contributed by atoms with Gasteiger partial charge in [0.25, 0.3) is 0 Å². The van der Waals surface area contributed by atoms with E-state index in [1.54, 1.807) is 0 Å². The van der Waals surface area contributed by atoms with E-state index in [0.717, 1.165) is 63.3 Å². The zero-order chi connectivity index (χ0) is 16.9. The summed E-state index contributed by atoms with van der Waals surface area (Å²) in [4.78, 5) is 15.5. The van der Waals surface area contributed by atoms with E-state index in [2.05, 4.69) is 4.90 Å². The van der Waals surface area contributed by atoms with Crippen molar-refractivity contribution in [2.45, 2.75) is 51.7 Å². The molecule has 0 amide bonds. The van der Waals surface area contributed by atoms with E-state index in [4.69, 9.17) is 9.47 Å². The van der Waals surface area contributed by atoms with Crippen LogP contribution in [0.3, 0.4) is 0 Å². The summed E-state index contributed by atoms with van der Waals surface area (Å²) in [6, 6.07) is 8.25. The summed E-state index contributed by atoms with van der Waals surface area (Å²) in [5.74, 6) is 1.16. The first-order valence-electron chi connectivity index (χ1n) is 9.26. The van der Waals surface area contributed by atoms with Gasteiger partial charge >= 0.3 is 0 Å². The van der Waals surface area contributed by atoms with Crippen LogP contribution in [0.15, 0.2) is 24.3 Å². The predicted octanol–water partition coefficient (Wildman–Crippen LogP) is 3.55. The average molecular weight is 331 g/mol. The summed E-state index contributed by atoms with van der Waals surface area (Å²) in [7, 11) is 0. The van der Waals surface area contributed by atoms with Gasteiger partial charge in [-0.1, -0.05) is 12.1 Å². The molecule has 0 unspecified atom stereocenters. The van der Waals surface area contributed by atoms with Crippen LogP contribution in [-0.2, 0) is 4.74 Å². The van der Waals surface area contributed by atoms with Crippen LogP contribution in [0.4, 0.5) is 0 Å². The Morgan fingerprint density at radius 3 is 2.79 bits per heavy atom. The van der Waals surface area contributed by atoms with Gasteiger partial charge in [-0.2, -0.15) is 0 Å². The highest BCUT2D eigenvalue weighted by Gasteiger charge is 2.31. The van der Waals surface area contributed by atoms with Gasteiger partial charge in [-0.05, 0) is 58.2 Å². The molecular weight excluding hydrogens is 302 g/mol. The fraction of sp³-hybridized carbons (Fsp3) is 0.650. The van der Waals surface area contributed by atoms with Crippen LogP contribution in [0, 0.1) is 5.92 Å². The maximum Gasteiger partial charge on any atom is 0.167 e. The standard InChI is InChI=1S/C20H29NO3/c1-15(2)24-19-7-3-5-16(13-19)20(22)17-6-4-10-21(14-17)18-8-11-23-12-9-18/h3,5,7,13,15,17-18H,4,6,8-12,14H2,1-2H3/t17-/m0/s1. The molecule has 2 fully saturated rings. The largest absolute Gasteiger partial charge is 0.491 e. The fourth-order valence-electron chi connectivity index (χ4n) is 3.83. The van der Waals surface area contributed by atoms with Gasteiger partial charge in [0.2, 0.25) is 0 Å². The molecular formula is C20H29NO3. The molecule has 1 aromatic carbocycles. The maximum atomic E-state index is 13.0. The summed E-state index contributed by atoms with van der Waals surface area (Å²) >= 11 is 0. The number of rotatable bonds is 5. The molecule has 0 aromatic heterocycles. The molecule has 0 saturated carbocycles. The molecule has 2 aliphatic heterocycles. The molecule has 2 heterocycles. The van der Waals surface area contributed by atoms with Gasteiger partial charge in [0, 0.05) is 37.3 Å². The second-order valence-electron chi connectivity index (χ2n) is 7.24. The Labute approximate surface area is 145 Å². The minimum atomic E-state index is 0.107. The topological polar surface area (TPSA) is 38.8 Å². The normalized spacial score (nSPS) is 23.4. The summed E-state index contributed by atoms with van der Waals surface area (Å²) in [5, 5.41) is 0. The van der Waals surface area contributed by atoms with E-state index in [1.165, 1.54) is 0 Å². The fourth-order valence-corrected chi connectivity index (χ4v) is 3.83. The van der Waals surface area contributed by atoms with E-state index in [1.807, 2.05) is 38.1 Å². The van der Waals surface area contributed by atoms with Crippen LogP contribution >= 0.6 is 0 Å².